The summed E-state index contributed by atoms with van der Waals surface area (Å²) in [4.78, 5) is 15.7. The number of aromatic nitrogens is 1. The van der Waals surface area contributed by atoms with Crippen LogP contribution < -0.4 is 39.4 Å². The van der Waals surface area contributed by atoms with Gasteiger partial charge in [0, 0.05) is 35.2 Å². The number of nitrogens with zero attached hydrogens (tertiary/aromatic N) is 1. The number of aliphatic hydroxyl groups is 1. The van der Waals surface area contributed by atoms with Crippen LogP contribution in [-0.2, 0) is 17.4 Å². The first-order valence-electron chi connectivity index (χ1n) is 13.0. The number of pyridine rings is 1. The zero-order valence-electron chi connectivity index (χ0n) is 23.2. The van der Waals surface area contributed by atoms with Gasteiger partial charge in [-0.2, -0.15) is 13.2 Å². The van der Waals surface area contributed by atoms with Gasteiger partial charge >= 0.3 is 35.7 Å². The van der Waals surface area contributed by atoms with E-state index >= 15 is 0 Å². The molecule has 0 saturated heterocycles. The number of benzene rings is 2. The average Bonchev–Trinajstić information content (AvgIpc) is 2.89. The van der Waals surface area contributed by atoms with Crippen molar-refractivity contribution in [3.63, 3.8) is 0 Å². The number of carbonyl (C=O) groups excluding carboxylic acids is 1. The van der Waals surface area contributed by atoms with E-state index in [-0.39, 0.29) is 36.0 Å². The van der Waals surface area contributed by atoms with Gasteiger partial charge in [-0.25, -0.2) is 4.98 Å². The number of halogens is 3. The van der Waals surface area contributed by atoms with Crippen molar-refractivity contribution in [3.8, 4) is 17.7 Å². The number of alkyl halides is 3. The van der Waals surface area contributed by atoms with Crippen molar-refractivity contribution in [1.29, 1.82) is 0 Å². The summed E-state index contributed by atoms with van der Waals surface area (Å²) >= 11 is 0. The number of aliphatic hydroxyl groups excluding tert-OH is 1. The SMILES string of the molecule is CC(C)(CCC#CCC(O)c1cc2ccccc2nc1OCCCCCc1ccc(C(F)(F)F)cc1)C(=O)[O-].[Na+]. The second-order valence-electron chi connectivity index (χ2n) is 10.2. The molecule has 0 spiro atoms. The average molecular weight is 564 g/mol. The van der Waals surface area contributed by atoms with Gasteiger partial charge in [0.25, 0.3) is 0 Å². The predicted octanol–water partition coefficient (Wildman–Crippen LogP) is 3.03. The predicted molar refractivity (Wildman–Crippen MR) is 142 cm³/mol. The number of fused-ring (bicyclic) bond motifs is 1. The number of rotatable bonds is 12. The number of aryl methyl sites for hydroxylation is 1. The first-order valence-corrected chi connectivity index (χ1v) is 13.0. The number of aliphatic carboxylic acids is 1. The van der Waals surface area contributed by atoms with Crippen molar-refractivity contribution in [2.75, 3.05) is 6.61 Å². The Kier molecular flexibility index (Phi) is 13.0. The van der Waals surface area contributed by atoms with Crippen molar-refractivity contribution in [3.05, 3.63) is 71.3 Å². The van der Waals surface area contributed by atoms with Crippen LogP contribution in [0.2, 0.25) is 0 Å². The second-order valence-corrected chi connectivity index (χ2v) is 10.2. The molecule has 0 amide bonds. The molecule has 0 radical (unpaired) electrons. The molecule has 0 aliphatic heterocycles. The molecule has 0 saturated carbocycles. The number of unbranched alkanes of at least 4 members (excludes halogenated alkanes) is 2. The second kappa shape index (κ2) is 15.4. The molecule has 1 heterocycles. The summed E-state index contributed by atoms with van der Waals surface area (Å²) in [5.41, 5.74) is 0.513. The smallest absolute Gasteiger partial charge is 0.550 e. The fourth-order valence-electron chi connectivity index (χ4n) is 3.95. The summed E-state index contributed by atoms with van der Waals surface area (Å²) in [5.74, 6) is 5.07. The largest absolute Gasteiger partial charge is 1.00 e. The summed E-state index contributed by atoms with van der Waals surface area (Å²) in [5, 5.41) is 22.8. The van der Waals surface area contributed by atoms with Gasteiger partial charge < -0.3 is 19.7 Å². The monoisotopic (exact) mass is 563 g/mol. The molecule has 1 N–H and O–H groups in total. The minimum atomic E-state index is -4.33. The number of hydrogen-bond acceptors (Lipinski definition) is 5. The number of para-hydroxylation sites is 1. The Morgan fingerprint density at radius 2 is 1.75 bits per heavy atom. The molecule has 40 heavy (non-hydrogen) atoms. The van der Waals surface area contributed by atoms with Crippen LogP contribution in [0.1, 0.15) is 75.2 Å². The molecule has 0 bridgehead atoms. The van der Waals surface area contributed by atoms with Gasteiger partial charge in [-0.3, -0.25) is 0 Å². The first kappa shape index (κ1) is 33.6. The van der Waals surface area contributed by atoms with E-state index in [2.05, 4.69) is 16.8 Å². The van der Waals surface area contributed by atoms with Gasteiger partial charge in [-0.1, -0.05) is 44.2 Å². The Labute approximate surface area is 255 Å². The minimum absolute atomic E-state index is 0. The van der Waals surface area contributed by atoms with Gasteiger partial charge in [-0.15, -0.1) is 11.8 Å². The molecule has 3 rings (SSSR count). The van der Waals surface area contributed by atoms with E-state index in [9.17, 15) is 28.2 Å². The van der Waals surface area contributed by atoms with Crippen LogP contribution in [-0.4, -0.2) is 22.7 Å². The third-order valence-corrected chi connectivity index (χ3v) is 6.55. The maximum atomic E-state index is 12.7. The summed E-state index contributed by atoms with van der Waals surface area (Å²) in [6, 6.07) is 14.6. The third-order valence-electron chi connectivity index (χ3n) is 6.55. The third kappa shape index (κ3) is 10.1. The molecule has 1 aromatic heterocycles. The standard InChI is InChI=1S/C31H34F3NO4.Na/c1-30(2,29(37)38)19-9-3-6-14-27(36)25-21-23-12-7-8-13-26(23)35-28(25)39-20-10-4-5-11-22-15-17-24(18-16-22)31(32,33)34;/h7-8,12-13,15-18,21,27,36H,4-5,9-11,14,19-20H2,1-2H3,(H,37,38);/q;+1/p-1. The number of carboxylic acid groups (broad SMARTS) is 1. The van der Waals surface area contributed by atoms with Crippen LogP contribution in [0.15, 0.2) is 54.6 Å². The summed E-state index contributed by atoms with van der Waals surface area (Å²) in [6.07, 6.45) is -1.37. The van der Waals surface area contributed by atoms with Crippen molar-refractivity contribution >= 4 is 16.9 Å². The van der Waals surface area contributed by atoms with Gasteiger partial charge in [0.2, 0.25) is 5.88 Å². The van der Waals surface area contributed by atoms with E-state index in [1.165, 1.54) is 12.1 Å². The maximum absolute atomic E-state index is 12.7. The fourth-order valence-corrected chi connectivity index (χ4v) is 3.95. The van der Waals surface area contributed by atoms with Gasteiger partial charge in [0.1, 0.15) is 0 Å². The number of ether oxygens (including phenoxy) is 1. The molecular formula is C31H33F3NNaO4. The van der Waals surface area contributed by atoms with Crippen LogP contribution in [0, 0.1) is 17.3 Å². The Bertz CT molecular complexity index is 1310. The normalized spacial score (nSPS) is 12.2. The van der Waals surface area contributed by atoms with Gasteiger partial charge in [0.05, 0.1) is 23.8 Å². The Morgan fingerprint density at radius 1 is 1.05 bits per heavy atom. The zero-order chi connectivity index (χ0) is 28.5. The van der Waals surface area contributed by atoms with Crippen LogP contribution in [0.5, 0.6) is 5.88 Å². The quantitative estimate of drug-likeness (QED) is 0.208. The minimum Gasteiger partial charge on any atom is -0.550 e. The number of carbonyl (C=O) groups is 1. The zero-order valence-corrected chi connectivity index (χ0v) is 25.2. The Hall–Kier alpha value is -2.57. The van der Waals surface area contributed by atoms with Crippen molar-refractivity contribution in [2.24, 2.45) is 5.41 Å². The van der Waals surface area contributed by atoms with Crippen molar-refractivity contribution in [1.82, 2.24) is 4.98 Å². The van der Waals surface area contributed by atoms with E-state index in [1.807, 2.05) is 30.3 Å². The van der Waals surface area contributed by atoms with Gasteiger partial charge in [-0.05, 0) is 61.9 Å². The molecule has 0 fully saturated rings. The molecule has 208 valence electrons. The van der Waals surface area contributed by atoms with E-state index in [1.54, 1.807) is 13.8 Å². The van der Waals surface area contributed by atoms with Crippen LogP contribution in [0.4, 0.5) is 13.2 Å². The number of carboxylic acids is 1. The molecule has 0 aliphatic rings. The van der Waals surface area contributed by atoms with Gasteiger partial charge in [0.15, 0.2) is 0 Å². The molecule has 2 aromatic carbocycles. The van der Waals surface area contributed by atoms with Crippen LogP contribution in [0.25, 0.3) is 10.9 Å². The summed E-state index contributed by atoms with van der Waals surface area (Å²) < 4.78 is 44.1. The molecule has 1 unspecified atom stereocenters. The number of hydrogen-bond donors (Lipinski definition) is 1. The van der Waals surface area contributed by atoms with E-state index in [4.69, 9.17) is 4.74 Å². The fraction of sp³-hybridized carbons (Fsp3) is 0.419. The van der Waals surface area contributed by atoms with E-state index in [0.717, 1.165) is 47.9 Å². The molecule has 1 atom stereocenters. The topological polar surface area (TPSA) is 82.5 Å². The Morgan fingerprint density at radius 3 is 2.42 bits per heavy atom. The van der Waals surface area contributed by atoms with Crippen LogP contribution in [0.3, 0.4) is 0 Å². The van der Waals surface area contributed by atoms with E-state index < -0.39 is 29.2 Å². The maximum Gasteiger partial charge on any atom is 1.00 e. The molecule has 5 nitrogen and oxygen atoms in total. The van der Waals surface area contributed by atoms with E-state index in [0.29, 0.717) is 37.3 Å². The van der Waals surface area contributed by atoms with Crippen molar-refractivity contribution < 1.29 is 62.5 Å². The Balaban J connectivity index is 0.00000560. The van der Waals surface area contributed by atoms with Crippen molar-refractivity contribution in [2.45, 2.75) is 71.1 Å². The van der Waals surface area contributed by atoms with Crippen LogP contribution >= 0.6 is 0 Å². The molecule has 9 heteroatoms. The molecular weight excluding hydrogens is 530 g/mol. The first-order chi connectivity index (χ1) is 18.5. The summed E-state index contributed by atoms with van der Waals surface area (Å²) in [7, 11) is 0. The molecule has 0 aliphatic carbocycles. The molecule has 3 aromatic rings. The summed E-state index contributed by atoms with van der Waals surface area (Å²) in [6.45, 7) is 3.57.